The van der Waals surface area contributed by atoms with Crippen molar-refractivity contribution in [3.05, 3.63) is 24.3 Å². The number of para-hydroxylation sites is 1. The molecule has 0 aliphatic heterocycles. The van der Waals surface area contributed by atoms with Gasteiger partial charge in [0.2, 0.25) is 5.91 Å². The van der Waals surface area contributed by atoms with Crippen molar-refractivity contribution in [3.63, 3.8) is 0 Å². The molecule has 6 heteroatoms. The van der Waals surface area contributed by atoms with E-state index in [1.54, 1.807) is 25.1 Å². The van der Waals surface area contributed by atoms with Crippen molar-refractivity contribution in [1.82, 2.24) is 0 Å². The number of amides is 1. The maximum atomic E-state index is 11.8. The quantitative estimate of drug-likeness (QED) is 0.814. The third-order valence-electron chi connectivity index (χ3n) is 2.44. The van der Waals surface area contributed by atoms with Gasteiger partial charge in [0.25, 0.3) is 0 Å². The number of sulfone groups is 1. The molecule has 0 aliphatic rings. The van der Waals surface area contributed by atoms with Gasteiger partial charge in [-0.2, -0.15) is 0 Å². The summed E-state index contributed by atoms with van der Waals surface area (Å²) in [6.45, 7) is 1.49. The lowest BCUT2D eigenvalue weighted by Crippen LogP contribution is -2.15. The second kappa shape index (κ2) is 6.51. The standard InChI is InChI=1S/C12H17NO4S/c1-2-18(16,17)11-7-4-3-6-10(11)13-12(15)8-5-9-14/h3-4,6-7,14H,2,5,8-9H2,1H3,(H,13,15). The third-order valence-corrected chi connectivity index (χ3v) is 4.22. The molecule has 0 saturated carbocycles. The van der Waals surface area contributed by atoms with Crippen molar-refractivity contribution in [2.75, 3.05) is 17.7 Å². The van der Waals surface area contributed by atoms with Crippen LogP contribution in [0.5, 0.6) is 0 Å². The van der Waals surface area contributed by atoms with Gasteiger partial charge in [0, 0.05) is 13.0 Å². The number of anilines is 1. The van der Waals surface area contributed by atoms with Crippen molar-refractivity contribution in [2.24, 2.45) is 0 Å². The molecule has 0 saturated heterocycles. The molecule has 100 valence electrons. The van der Waals surface area contributed by atoms with E-state index in [2.05, 4.69) is 5.32 Å². The second-order valence-electron chi connectivity index (χ2n) is 3.77. The lowest BCUT2D eigenvalue weighted by molar-refractivity contribution is -0.116. The zero-order chi connectivity index (χ0) is 13.6. The van der Waals surface area contributed by atoms with Gasteiger partial charge < -0.3 is 10.4 Å². The van der Waals surface area contributed by atoms with E-state index in [4.69, 9.17) is 5.11 Å². The first kappa shape index (κ1) is 14.7. The van der Waals surface area contributed by atoms with Gasteiger partial charge >= 0.3 is 0 Å². The van der Waals surface area contributed by atoms with Crippen molar-refractivity contribution in [1.29, 1.82) is 0 Å². The van der Waals surface area contributed by atoms with E-state index in [9.17, 15) is 13.2 Å². The maximum absolute atomic E-state index is 11.8. The third kappa shape index (κ3) is 3.82. The Balaban J connectivity index is 2.93. The van der Waals surface area contributed by atoms with Gasteiger partial charge in [-0.1, -0.05) is 19.1 Å². The molecule has 18 heavy (non-hydrogen) atoms. The normalized spacial score (nSPS) is 11.2. The average molecular weight is 271 g/mol. The summed E-state index contributed by atoms with van der Waals surface area (Å²) in [5, 5.41) is 11.2. The number of carbonyl (C=O) groups is 1. The topological polar surface area (TPSA) is 83.5 Å². The Morgan fingerprint density at radius 2 is 2.00 bits per heavy atom. The highest BCUT2D eigenvalue weighted by Gasteiger charge is 2.17. The average Bonchev–Trinajstić information content (AvgIpc) is 2.37. The molecule has 0 fully saturated rings. The summed E-state index contributed by atoms with van der Waals surface area (Å²) >= 11 is 0. The van der Waals surface area contributed by atoms with Crippen molar-refractivity contribution in [3.8, 4) is 0 Å². The lowest BCUT2D eigenvalue weighted by Gasteiger charge is -2.10. The van der Waals surface area contributed by atoms with E-state index in [0.29, 0.717) is 12.1 Å². The van der Waals surface area contributed by atoms with Crippen LogP contribution in [0, 0.1) is 0 Å². The van der Waals surface area contributed by atoms with Crippen molar-refractivity contribution in [2.45, 2.75) is 24.7 Å². The molecule has 1 rings (SSSR count). The number of hydrogen-bond acceptors (Lipinski definition) is 4. The zero-order valence-corrected chi connectivity index (χ0v) is 11.0. The van der Waals surface area contributed by atoms with Gasteiger partial charge in [0.05, 0.1) is 16.3 Å². The van der Waals surface area contributed by atoms with Crippen LogP contribution < -0.4 is 5.32 Å². The van der Waals surface area contributed by atoms with Crippen LogP contribution in [0.3, 0.4) is 0 Å². The molecular weight excluding hydrogens is 254 g/mol. The van der Waals surface area contributed by atoms with E-state index in [1.807, 2.05) is 0 Å². The first-order chi connectivity index (χ1) is 8.51. The SMILES string of the molecule is CCS(=O)(=O)c1ccccc1NC(=O)CCCO. The monoisotopic (exact) mass is 271 g/mol. The van der Waals surface area contributed by atoms with Gasteiger partial charge in [0.1, 0.15) is 0 Å². The number of benzene rings is 1. The molecule has 0 aliphatic carbocycles. The minimum atomic E-state index is -3.36. The molecule has 0 radical (unpaired) electrons. The number of aliphatic hydroxyl groups excluding tert-OH is 1. The van der Waals surface area contributed by atoms with Crippen LogP contribution in [0.15, 0.2) is 29.2 Å². The molecule has 1 aromatic carbocycles. The molecular formula is C12H17NO4S. The lowest BCUT2D eigenvalue weighted by atomic mass is 10.2. The first-order valence-electron chi connectivity index (χ1n) is 5.73. The fourth-order valence-electron chi connectivity index (χ4n) is 1.45. The molecule has 0 unspecified atom stereocenters. The minimum Gasteiger partial charge on any atom is -0.396 e. The minimum absolute atomic E-state index is 0.0173. The summed E-state index contributed by atoms with van der Waals surface area (Å²) in [5.41, 5.74) is 0.294. The predicted octanol–water partition coefficient (Wildman–Crippen LogP) is 1.19. The molecule has 0 aromatic heterocycles. The van der Waals surface area contributed by atoms with Crippen LogP contribution in [0.4, 0.5) is 5.69 Å². The van der Waals surface area contributed by atoms with Gasteiger partial charge in [0.15, 0.2) is 9.84 Å². The Morgan fingerprint density at radius 1 is 1.33 bits per heavy atom. The molecule has 0 bridgehead atoms. The van der Waals surface area contributed by atoms with Gasteiger partial charge in [-0.15, -0.1) is 0 Å². The van der Waals surface area contributed by atoms with Crippen LogP contribution in [-0.2, 0) is 14.6 Å². The highest BCUT2D eigenvalue weighted by molar-refractivity contribution is 7.91. The van der Waals surface area contributed by atoms with E-state index in [1.165, 1.54) is 6.07 Å². The fraction of sp³-hybridized carbons (Fsp3) is 0.417. The summed E-state index contributed by atoms with van der Waals surface area (Å²) in [5.74, 6) is -0.320. The van der Waals surface area contributed by atoms with Crippen molar-refractivity contribution >= 4 is 21.4 Å². The Kier molecular flexibility index (Phi) is 5.30. The highest BCUT2D eigenvalue weighted by atomic mass is 32.2. The smallest absolute Gasteiger partial charge is 0.224 e. The maximum Gasteiger partial charge on any atom is 0.224 e. The Morgan fingerprint density at radius 3 is 2.61 bits per heavy atom. The number of aliphatic hydroxyl groups is 1. The van der Waals surface area contributed by atoms with Gasteiger partial charge in [-0.3, -0.25) is 4.79 Å². The van der Waals surface area contributed by atoms with Crippen LogP contribution in [-0.4, -0.2) is 31.8 Å². The molecule has 0 atom stereocenters. The summed E-state index contributed by atoms with van der Waals surface area (Å²) in [7, 11) is -3.36. The molecule has 1 amide bonds. The highest BCUT2D eigenvalue weighted by Crippen LogP contribution is 2.22. The van der Waals surface area contributed by atoms with Crippen molar-refractivity contribution < 1.29 is 18.3 Å². The number of carbonyl (C=O) groups excluding carboxylic acids is 1. The fourth-order valence-corrected chi connectivity index (χ4v) is 2.50. The number of rotatable bonds is 6. The van der Waals surface area contributed by atoms with E-state index in [-0.39, 0.29) is 29.6 Å². The van der Waals surface area contributed by atoms with Crippen LogP contribution in [0.2, 0.25) is 0 Å². The Bertz CT molecular complexity index is 511. The Labute approximate surface area is 107 Å². The van der Waals surface area contributed by atoms with E-state index in [0.717, 1.165) is 0 Å². The predicted molar refractivity (Wildman–Crippen MR) is 69.1 cm³/mol. The summed E-state index contributed by atoms with van der Waals surface area (Å²) in [4.78, 5) is 11.7. The van der Waals surface area contributed by atoms with E-state index < -0.39 is 9.84 Å². The Hall–Kier alpha value is -1.40. The summed E-state index contributed by atoms with van der Waals surface area (Å²) < 4.78 is 23.7. The zero-order valence-electron chi connectivity index (χ0n) is 10.2. The largest absolute Gasteiger partial charge is 0.396 e. The molecule has 0 heterocycles. The molecule has 0 spiro atoms. The van der Waals surface area contributed by atoms with Crippen LogP contribution >= 0.6 is 0 Å². The van der Waals surface area contributed by atoms with Crippen LogP contribution in [0.25, 0.3) is 0 Å². The first-order valence-corrected chi connectivity index (χ1v) is 7.39. The molecule has 5 nitrogen and oxygen atoms in total. The number of hydrogen-bond donors (Lipinski definition) is 2. The number of nitrogens with one attached hydrogen (secondary N) is 1. The molecule has 2 N–H and O–H groups in total. The molecule has 1 aromatic rings. The van der Waals surface area contributed by atoms with Gasteiger partial charge in [-0.05, 0) is 18.6 Å². The van der Waals surface area contributed by atoms with Crippen LogP contribution in [0.1, 0.15) is 19.8 Å². The second-order valence-corrected chi connectivity index (χ2v) is 6.02. The summed E-state index contributed by atoms with van der Waals surface area (Å²) in [6, 6.07) is 6.31. The van der Waals surface area contributed by atoms with Gasteiger partial charge in [-0.25, -0.2) is 8.42 Å². The van der Waals surface area contributed by atoms with E-state index >= 15 is 0 Å². The summed E-state index contributed by atoms with van der Waals surface area (Å²) in [6.07, 6.45) is 0.519.